The van der Waals surface area contributed by atoms with Crippen molar-refractivity contribution in [3.8, 4) is 11.5 Å². The molecule has 2 rings (SSSR count). The highest BCUT2D eigenvalue weighted by Crippen LogP contribution is 2.30. The van der Waals surface area contributed by atoms with E-state index in [0.717, 1.165) is 11.6 Å². The minimum absolute atomic E-state index is 0.0361. The first-order chi connectivity index (χ1) is 15.1. The highest BCUT2D eigenvalue weighted by Gasteiger charge is 2.32. The smallest absolute Gasteiger partial charge is 0.443 e. The number of allylic oxidation sites excluding steroid dienone is 2. The minimum atomic E-state index is -4.81. The zero-order chi connectivity index (χ0) is 23.9. The van der Waals surface area contributed by atoms with Gasteiger partial charge in [0, 0.05) is 44.0 Å². The fourth-order valence-electron chi connectivity index (χ4n) is 3.17. The van der Waals surface area contributed by atoms with E-state index in [4.69, 9.17) is 9.84 Å². The van der Waals surface area contributed by atoms with E-state index in [0.29, 0.717) is 37.3 Å². The summed E-state index contributed by atoms with van der Waals surface area (Å²) in [5.74, 6) is 0.333. The summed E-state index contributed by atoms with van der Waals surface area (Å²) in [6, 6.07) is 4.87. The molecule has 1 aromatic carbocycles. The van der Waals surface area contributed by atoms with Crippen LogP contribution in [0.1, 0.15) is 40.0 Å². The maximum atomic E-state index is 12.9. The molecule has 1 N–H and O–H groups in total. The Balaban J connectivity index is 2.38. The number of carbonyl (C=O) groups excluding carboxylic acids is 1. The van der Waals surface area contributed by atoms with Gasteiger partial charge in [-0.3, -0.25) is 9.80 Å². The summed E-state index contributed by atoms with van der Waals surface area (Å²) < 4.78 is 47.1. The number of urea groups is 1. The number of carbonyl (C=O) groups is 1. The third-order valence-electron chi connectivity index (χ3n) is 4.59. The van der Waals surface area contributed by atoms with Crippen LogP contribution in [0.25, 0.3) is 0 Å². The van der Waals surface area contributed by atoms with Gasteiger partial charge in [0.05, 0.1) is 0 Å². The number of benzene rings is 1. The van der Waals surface area contributed by atoms with Crippen LogP contribution in [0, 0.1) is 0 Å². The maximum absolute atomic E-state index is 12.9. The van der Waals surface area contributed by atoms with Crippen molar-refractivity contribution in [2.75, 3.05) is 20.2 Å². The summed E-state index contributed by atoms with van der Waals surface area (Å²) in [6.07, 6.45) is -1.43. The number of aliphatic imine (C=N–C) groups is 1. The molecule has 0 saturated heterocycles. The Morgan fingerprint density at radius 2 is 1.94 bits per heavy atom. The van der Waals surface area contributed by atoms with Crippen LogP contribution in [0.2, 0.25) is 0 Å². The third kappa shape index (κ3) is 6.49. The zero-order valence-corrected chi connectivity index (χ0v) is 18.6. The molecule has 1 heterocycles. The molecule has 0 spiro atoms. The second-order valence-corrected chi connectivity index (χ2v) is 7.00. The Morgan fingerprint density at radius 1 is 1.25 bits per heavy atom. The van der Waals surface area contributed by atoms with Crippen LogP contribution >= 0.6 is 0 Å². The average Bonchev–Trinajstić information content (AvgIpc) is 2.73. The van der Waals surface area contributed by atoms with Crippen LogP contribution < -0.4 is 9.47 Å². The third-order valence-corrected chi connectivity index (χ3v) is 4.59. The molecule has 1 aliphatic heterocycles. The van der Waals surface area contributed by atoms with E-state index in [2.05, 4.69) is 9.73 Å². The molecule has 0 fully saturated rings. The summed E-state index contributed by atoms with van der Waals surface area (Å²) in [5, 5.41) is 9.16. The Bertz CT molecular complexity index is 910. The summed E-state index contributed by atoms with van der Waals surface area (Å²) in [6.45, 7) is 5.90. The Morgan fingerprint density at radius 3 is 2.53 bits per heavy atom. The summed E-state index contributed by atoms with van der Waals surface area (Å²) in [4.78, 5) is 20.4. The predicted molar refractivity (Wildman–Crippen MR) is 114 cm³/mol. The molecule has 0 bridgehead atoms. The van der Waals surface area contributed by atoms with Gasteiger partial charge in [-0.25, -0.2) is 4.79 Å². The number of rotatable bonds is 8. The molecular formula is C22H28F3N3O4. The number of hydrogen-bond donors (Lipinski definition) is 1. The Hall–Kier alpha value is -3.01. The molecule has 2 amide bonds. The van der Waals surface area contributed by atoms with Gasteiger partial charge >= 0.3 is 12.4 Å². The van der Waals surface area contributed by atoms with Gasteiger partial charge in [0.15, 0.2) is 5.90 Å². The Labute approximate surface area is 185 Å². The van der Waals surface area contributed by atoms with Gasteiger partial charge in [-0.15, -0.1) is 13.2 Å². The number of amides is 2. The van der Waals surface area contributed by atoms with Crippen molar-refractivity contribution in [1.29, 1.82) is 0 Å². The first-order valence-electron chi connectivity index (χ1n) is 10.3. The van der Waals surface area contributed by atoms with Crippen molar-refractivity contribution in [1.82, 2.24) is 9.80 Å². The summed E-state index contributed by atoms with van der Waals surface area (Å²) in [5.41, 5.74) is 1.45. The topological polar surface area (TPSA) is 74.6 Å². The van der Waals surface area contributed by atoms with Crippen molar-refractivity contribution < 1.29 is 32.5 Å². The first-order valence-corrected chi connectivity index (χ1v) is 10.3. The number of halogens is 3. The number of hydrogen-bond acceptors (Lipinski definition) is 5. The summed E-state index contributed by atoms with van der Waals surface area (Å²) in [7, 11) is 1.59. The van der Waals surface area contributed by atoms with E-state index in [9.17, 15) is 18.0 Å². The molecular weight excluding hydrogens is 427 g/mol. The van der Waals surface area contributed by atoms with Crippen LogP contribution in [0.4, 0.5) is 18.0 Å². The van der Waals surface area contributed by atoms with Crippen LogP contribution in [-0.4, -0.2) is 53.4 Å². The van der Waals surface area contributed by atoms with Crippen LogP contribution in [-0.2, 0) is 0 Å². The van der Waals surface area contributed by atoms with Gasteiger partial charge in [-0.05, 0) is 31.9 Å². The van der Waals surface area contributed by atoms with Crippen molar-refractivity contribution in [2.24, 2.45) is 4.99 Å². The van der Waals surface area contributed by atoms with E-state index in [1.165, 1.54) is 23.1 Å². The molecule has 32 heavy (non-hydrogen) atoms. The van der Waals surface area contributed by atoms with E-state index in [1.54, 1.807) is 18.9 Å². The van der Waals surface area contributed by atoms with Crippen molar-refractivity contribution in [3.63, 3.8) is 0 Å². The minimum Gasteiger partial charge on any atom is -0.443 e. The molecule has 0 saturated carbocycles. The monoisotopic (exact) mass is 455 g/mol. The van der Waals surface area contributed by atoms with E-state index >= 15 is 0 Å². The number of aliphatic hydroxyl groups excluding tert-OH is 1. The quantitative estimate of drug-likeness (QED) is 0.440. The first kappa shape index (κ1) is 25.3. The van der Waals surface area contributed by atoms with Crippen LogP contribution in [0.15, 0.2) is 52.4 Å². The highest BCUT2D eigenvalue weighted by molar-refractivity contribution is 5.84. The Kier molecular flexibility index (Phi) is 8.71. The lowest BCUT2D eigenvalue weighted by molar-refractivity contribution is -0.274. The highest BCUT2D eigenvalue weighted by atomic mass is 19.4. The van der Waals surface area contributed by atoms with Crippen LogP contribution in [0.3, 0.4) is 0 Å². The fraction of sp³-hybridized carbons (Fsp3) is 0.455. The maximum Gasteiger partial charge on any atom is 0.573 e. The van der Waals surface area contributed by atoms with Crippen LogP contribution in [0.5, 0.6) is 11.5 Å². The normalized spacial score (nSPS) is 16.8. The number of alkyl halides is 3. The van der Waals surface area contributed by atoms with Crippen molar-refractivity contribution >= 4 is 11.9 Å². The van der Waals surface area contributed by atoms with Gasteiger partial charge in [-0.1, -0.05) is 26.0 Å². The lowest BCUT2D eigenvalue weighted by atomic mass is 10.1. The van der Waals surface area contributed by atoms with Gasteiger partial charge in [0.25, 0.3) is 0 Å². The molecule has 1 aliphatic rings. The van der Waals surface area contributed by atoms with Crippen molar-refractivity contribution in [3.05, 3.63) is 47.4 Å². The van der Waals surface area contributed by atoms with E-state index in [-0.39, 0.29) is 24.3 Å². The second-order valence-electron chi connectivity index (χ2n) is 7.00. The zero-order valence-electron chi connectivity index (χ0n) is 18.6. The standard InChI is InChI=1S/C22H28F3N3O4/c1-5-9-18-15(3)20(27(4)21(30)28(18)12-8-13-29)26-19(6-2)31-16-10-7-11-17(14-16)32-22(23,24)25/h7,9-11,14,29H,5-6,8,12-13H2,1-4H3/b18-9-,26-19+. The predicted octanol–water partition coefficient (Wildman–Crippen LogP) is 5.05. The molecule has 0 atom stereocenters. The van der Waals surface area contributed by atoms with E-state index in [1.807, 2.05) is 19.9 Å². The summed E-state index contributed by atoms with van der Waals surface area (Å²) >= 11 is 0. The lowest BCUT2D eigenvalue weighted by Crippen LogP contribution is -2.45. The second kappa shape index (κ2) is 11.0. The number of aliphatic hydroxyl groups is 1. The molecule has 0 aliphatic carbocycles. The number of nitrogens with zero attached hydrogens (tertiary/aromatic N) is 3. The van der Waals surface area contributed by atoms with Gasteiger partial charge in [0.2, 0.25) is 0 Å². The van der Waals surface area contributed by atoms with Gasteiger partial charge in [-0.2, -0.15) is 4.99 Å². The fourth-order valence-corrected chi connectivity index (χ4v) is 3.17. The lowest BCUT2D eigenvalue weighted by Gasteiger charge is -2.36. The van der Waals surface area contributed by atoms with Crippen molar-refractivity contribution in [2.45, 2.75) is 46.4 Å². The molecule has 0 aromatic heterocycles. The number of ether oxygens (including phenoxy) is 2. The largest absolute Gasteiger partial charge is 0.573 e. The van der Waals surface area contributed by atoms with E-state index < -0.39 is 12.1 Å². The molecule has 7 nitrogen and oxygen atoms in total. The molecule has 0 unspecified atom stereocenters. The molecule has 10 heteroatoms. The van der Waals surface area contributed by atoms with Gasteiger partial charge in [0.1, 0.15) is 17.3 Å². The average molecular weight is 455 g/mol. The van der Waals surface area contributed by atoms with Gasteiger partial charge < -0.3 is 14.6 Å². The molecule has 0 radical (unpaired) electrons. The molecule has 176 valence electrons. The SMILES string of the molecule is CC/C=C1C(C)=C(/N=C(\CC)Oc2cccc(OC(F)(F)F)c2)N(C)C(=O)N/1CCCO. The molecule has 1 aromatic rings.